The minimum Gasteiger partial charge on any atom is -0.378 e. The number of piperidine rings is 1. The summed E-state index contributed by atoms with van der Waals surface area (Å²) in [4.78, 5) is 3.53. The van der Waals surface area contributed by atoms with Crippen LogP contribution < -0.4 is 0 Å². The minimum atomic E-state index is -3.85. The molecular formula is C12H12Cl2N2O3S. The lowest BCUT2D eigenvalue weighted by atomic mass is 9.94. The third-order valence-corrected chi connectivity index (χ3v) is 6.03. The second kappa shape index (κ2) is 5.51. The summed E-state index contributed by atoms with van der Waals surface area (Å²) in [5.41, 5.74) is -1.26. The van der Waals surface area contributed by atoms with Crippen LogP contribution in [0.2, 0.25) is 10.2 Å². The highest BCUT2D eigenvalue weighted by atomic mass is 35.5. The summed E-state index contributed by atoms with van der Waals surface area (Å²) in [7, 11) is -3.85. The van der Waals surface area contributed by atoms with Gasteiger partial charge < -0.3 is 5.11 Å². The van der Waals surface area contributed by atoms with E-state index in [4.69, 9.17) is 29.6 Å². The van der Waals surface area contributed by atoms with Crippen LogP contribution in [0, 0.1) is 12.3 Å². The Bertz CT molecular complexity index is 642. The topological polar surface area (TPSA) is 70.5 Å². The zero-order valence-corrected chi connectivity index (χ0v) is 12.7. The second-order valence-corrected chi connectivity index (χ2v) is 7.13. The number of nitrogens with zero attached hydrogens (tertiary/aromatic N) is 2. The van der Waals surface area contributed by atoms with Crippen molar-refractivity contribution in [2.24, 2.45) is 0 Å². The lowest BCUT2D eigenvalue weighted by Gasteiger charge is -2.34. The lowest BCUT2D eigenvalue weighted by molar-refractivity contribution is 0.0489. The fourth-order valence-corrected chi connectivity index (χ4v) is 4.44. The van der Waals surface area contributed by atoms with Crippen molar-refractivity contribution in [1.82, 2.24) is 9.29 Å². The Labute approximate surface area is 127 Å². The molecule has 5 nitrogen and oxygen atoms in total. The van der Waals surface area contributed by atoms with Crippen molar-refractivity contribution in [2.45, 2.75) is 23.3 Å². The number of terminal acetylenes is 1. The van der Waals surface area contributed by atoms with Crippen LogP contribution in [0.15, 0.2) is 17.2 Å². The van der Waals surface area contributed by atoms with Gasteiger partial charge in [-0.2, -0.15) is 4.31 Å². The zero-order chi connectivity index (χ0) is 15.0. The van der Waals surface area contributed by atoms with Crippen LogP contribution in [-0.4, -0.2) is 41.5 Å². The highest BCUT2D eigenvalue weighted by molar-refractivity contribution is 7.89. The standard InChI is InChI=1S/C12H12Cl2N2O3S/c1-2-12(17)4-7-16(8-5-12)20(18,19)10-9(13)3-6-15-11(10)14/h1,3,6,17H,4-5,7-8H2. The Hall–Kier alpha value is -0.840. The SMILES string of the molecule is C#CC1(O)CCN(S(=O)(=O)c2c(Cl)ccnc2Cl)CC1. The number of hydrogen-bond donors (Lipinski definition) is 1. The van der Waals surface area contributed by atoms with Crippen molar-refractivity contribution in [1.29, 1.82) is 0 Å². The lowest BCUT2D eigenvalue weighted by Crippen LogP contribution is -2.46. The highest BCUT2D eigenvalue weighted by Gasteiger charge is 2.37. The molecule has 0 saturated carbocycles. The van der Waals surface area contributed by atoms with Gasteiger partial charge in [-0.25, -0.2) is 13.4 Å². The smallest absolute Gasteiger partial charge is 0.247 e. The van der Waals surface area contributed by atoms with Gasteiger partial charge in [0.1, 0.15) is 10.5 Å². The summed E-state index contributed by atoms with van der Waals surface area (Å²) < 4.78 is 26.2. The first-order valence-corrected chi connectivity index (χ1v) is 8.00. The van der Waals surface area contributed by atoms with Gasteiger partial charge in [-0.1, -0.05) is 29.1 Å². The third kappa shape index (κ3) is 2.78. The first-order chi connectivity index (χ1) is 9.30. The molecule has 108 valence electrons. The number of halogens is 2. The van der Waals surface area contributed by atoms with Crippen LogP contribution in [0.1, 0.15) is 12.8 Å². The summed E-state index contributed by atoms with van der Waals surface area (Å²) >= 11 is 11.7. The van der Waals surface area contributed by atoms with E-state index in [1.165, 1.54) is 16.6 Å². The Morgan fingerprint density at radius 1 is 1.40 bits per heavy atom. The maximum atomic E-state index is 12.5. The van der Waals surface area contributed by atoms with Crippen LogP contribution in [0.3, 0.4) is 0 Å². The van der Waals surface area contributed by atoms with Crippen LogP contribution in [-0.2, 0) is 10.0 Å². The molecule has 20 heavy (non-hydrogen) atoms. The maximum absolute atomic E-state index is 12.5. The summed E-state index contributed by atoms with van der Waals surface area (Å²) in [5, 5.41) is 9.77. The second-order valence-electron chi connectivity index (χ2n) is 4.49. The van der Waals surface area contributed by atoms with Gasteiger partial charge in [-0.05, 0) is 6.07 Å². The molecule has 1 aliphatic rings. The average molecular weight is 335 g/mol. The Kier molecular flexibility index (Phi) is 4.28. The number of aliphatic hydroxyl groups is 1. The fourth-order valence-electron chi connectivity index (χ4n) is 2.00. The van der Waals surface area contributed by atoms with Crippen molar-refractivity contribution in [3.05, 3.63) is 22.4 Å². The predicted molar refractivity (Wildman–Crippen MR) is 76.0 cm³/mol. The van der Waals surface area contributed by atoms with Crippen LogP contribution in [0.5, 0.6) is 0 Å². The van der Waals surface area contributed by atoms with Gasteiger partial charge in [0.05, 0.1) is 5.02 Å². The van der Waals surface area contributed by atoms with E-state index in [2.05, 4.69) is 10.9 Å². The summed E-state index contributed by atoms with van der Waals surface area (Å²) in [6, 6.07) is 1.36. The van der Waals surface area contributed by atoms with Gasteiger partial charge >= 0.3 is 0 Å². The minimum absolute atomic E-state index is 0.0165. The molecule has 0 atom stereocenters. The molecule has 1 fully saturated rings. The monoisotopic (exact) mass is 334 g/mol. The first-order valence-electron chi connectivity index (χ1n) is 5.80. The molecule has 1 aromatic rings. The highest BCUT2D eigenvalue weighted by Crippen LogP contribution is 2.32. The largest absolute Gasteiger partial charge is 0.378 e. The molecule has 2 heterocycles. The van der Waals surface area contributed by atoms with E-state index >= 15 is 0 Å². The molecule has 1 saturated heterocycles. The van der Waals surface area contributed by atoms with Gasteiger partial charge in [-0.3, -0.25) is 0 Å². The van der Waals surface area contributed by atoms with Gasteiger partial charge in [0.2, 0.25) is 10.0 Å². The molecule has 8 heteroatoms. The Morgan fingerprint density at radius 3 is 2.50 bits per heavy atom. The third-order valence-electron chi connectivity index (χ3n) is 3.23. The normalized spacial score (nSPS) is 19.5. The molecule has 0 unspecified atom stereocenters. The van der Waals surface area contributed by atoms with Gasteiger partial charge in [0.15, 0.2) is 5.15 Å². The van der Waals surface area contributed by atoms with E-state index in [1.807, 2.05) is 0 Å². The molecule has 0 spiro atoms. The maximum Gasteiger partial charge on any atom is 0.247 e. The fraction of sp³-hybridized carbons (Fsp3) is 0.417. The Balaban J connectivity index is 2.32. The average Bonchev–Trinajstić information content (AvgIpc) is 2.39. The molecule has 0 amide bonds. The van der Waals surface area contributed by atoms with Crippen LogP contribution in [0.25, 0.3) is 0 Å². The summed E-state index contributed by atoms with van der Waals surface area (Å²) in [6.45, 7) is 0.204. The van der Waals surface area contributed by atoms with Crippen LogP contribution >= 0.6 is 23.2 Å². The molecule has 0 aromatic carbocycles. The van der Waals surface area contributed by atoms with Gasteiger partial charge in [0, 0.05) is 32.1 Å². The van der Waals surface area contributed by atoms with Gasteiger partial charge in [0.25, 0.3) is 0 Å². The molecule has 1 N–H and O–H groups in total. The number of pyridine rings is 1. The number of sulfonamides is 1. The molecule has 2 rings (SSSR count). The number of aromatic nitrogens is 1. The molecule has 0 aliphatic carbocycles. The molecule has 1 aromatic heterocycles. The zero-order valence-electron chi connectivity index (χ0n) is 10.4. The molecule has 0 radical (unpaired) electrons. The van der Waals surface area contributed by atoms with E-state index in [-0.39, 0.29) is 41.0 Å². The van der Waals surface area contributed by atoms with Crippen molar-refractivity contribution in [2.75, 3.05) is 13.1 Å². The van der Waals surface area contributed by atoms with Crippen molar-refractivity contribution in [3.8, 4) is 12.3 Å². The summed E-state index contributed by atoms with van der Waals surface area (Å²) in [5.74, 6) is 2.28. The molecule has 0 bridgehead atoms. The van der Waals surface area contributed by atoms with Gasteiger partial charge in [-0.15, -0.1) is 6.42 Å². The number of rotatable bonds is 2. The quantitative estimate of drug-likeness (QED) is 0.657. The first kappa shape index (κ1) is 15.5. The Morgan fingerprint density at radius 2 is 2.00 bits per heavy atom. The van der Waals surface area contributed by atoms with Crippen LogP contribution in [0.4, 0.5) is 0 Å². The number of hydrogen-bond acceptors (Lipinski definition) is 4. The van der Waals surface area contributed by atoms with E-state index < -0.39 is 15.6 Å². The van der Waals surface area contributed by atoms with E-state index in [0.29, 0.717) is 0 Å². The van der Waals surface area contributed by atoms with Crippen molar-refractivity contribution < 1.29 is 13.5 Å². The van der Waals surface area contributed by atoms with E-state index in [0.717, 1.165) is 0 Å². The van der Waals surface area contributed by atoms with Crippen molar-refractivity contribution in [3.63, 3.8) is 0 Å². The molecule has 1 aliphatic heterocycles. The summed E-state index contributed by atoms with van der Waals surface area (Å²) in [6.07, 6.45) is 6.89. The van der Waals surface area contributed by atoms with E-state index in [1.54, 1.807) is 0 Å². The van der Waals surface area contributed by atoms with Crippen molar-refractivity contribution >= 4 is 33.2 Å². The van der Waals surface area contributed by atoms with E-state index in [9.17, 15) is 13.5 Å². The predicted octanol–water partition coefficient (Wildman–Crippen LogP) is 1.54. The molecular weight excluding hydrogens is 323 g/mol.